The number of benzene rings is 2. The molecule has 0 aliphatic rings. The Morgan fingerprint density at radius 3 is 2.57 bits per heavy atom. The van der Waals surface area contributed by atoms with E-state index in [2.05, 4.69) is 21.2 Å². The number of nitrogens with one attached hydrogen (secondary N) is 1. The fourth-order valence-corrected chi connectivity index (χ4v) is 2.85. The smallest absolute Gasteiger partial charge is 0.162 e. The average molecular weight is 354 g/mol. The summed E-state index contributed by atoms with van der Waals surface area (Å²) in [7, 11) is 0. The quantitative estimate of drug-likeness (QED) is 0.803. The van der Waals surface area contributed by atoms with Gasteiger partial charge < -0.3 is 5.32 Å². The minimum atomic E-state index is -0.797. The van der Waals surface area contributed by atoms with Crippen molar-refractivity contribution in [2.24, 2.45) is 0 Å². The van der Waals surface area contributed by atoms with Gasteiger partial charge in [-0.25, -0.2) is 8.78 Å². The Balaban J connectivity index is 2.35. The molecule has 0 amide bonds. The lowest BCUT2D eigenvalue weighted by atomic mass is 9.95. The first-order valence-electron chi connectivity index (χ1n) is 6.95. The van der Waals surface area contributed by atoms with E-state index in [1.807, 2.05) is 32.0 Å². The zero-order chi connectivity index (χ0) is 15.4. The molecule has 2 aromatic rings. The molecule has 0 saturated heterocycles. The Labute approximate surface area is 132 Å². The lowest BCUT2D eigenvalue weighted by Crippen LogP contribution is -2.24. The highest BCUT2D eigenvalue weighted by Crippen LogP contribution is 2.28. The second kappa shape index (κ2) is 7.14. The van der Waals surface area contributed by atoms with Gasteiger partial charge in [0, 0.05) is 10.5 Å². The lowest BCUT2D eigenvalue weighted by molar-refractivity contribution is 0.480. The molecule has 4 heteroatoms. The lowest BCUT2D eigenvalue weighted by Gasteiger charge is -2.21. The fraction of sp³-hybridized carbons (Fsp3) is 0.294. The maximum Gasteiger partial charge on any atom is 0.162 e. The summed E-state index contributed by atoms with van der Waals surface area (Å²) in [5.41, 5.74) is 2.59. The molecule has 1 nitrogen and oxygen atoms in total. The standard InChI is InChI=1S/C17H18BrF2N/c1-3-21-16(13-7-5-8-14(18)11(13)2)10-12-6-4-9-15(19)17(12)20/h4-9,16,21H,3,10H2,1-2H3. The van der Waals surface area contributed by atoms with Crippen molar-refractivity contribution in [2.45, 2.75) is 26.3 Å². The summed E-state index contributed by atoms with van der Waals surface area (Å²) in [5, 5.41) is 3.35. The third-order valence-corrected chi connectivity index (χ3v) is 4.45. The van der Waals surface area contributed by atoms with Gasteiger partial charge in [0.1, 0.15) is 0 Å². The van der Waals surface area contributed by atoms with Gasteiger partial charge >= 0.3 is 0 Å². The Hall–Kier alpha value is -1.26. The minimum absolute atomic E-state index is 0.0520. The van der Waals surface area contributed by atoms with Crippen LogP contribution in [0.5, 0.6) is 0 Å². The molecule has 0 aromatic heterocycles. The zero-order valence-electron chi connectivity index (χ0n) is 12.1. The molecule has 112 valence electrons. The maximum absolute atomic E-state index is 13.9. The second-order valence-corrected chi connectivity index (χ2v) is 5.84. The molecule has 0 fully saturated rings. The highest BCUT2D eigenvalue weighted by molar-refractivity contribution is 9.10. The molecule has 2 rings (SSSR count). The summed E-state index contributed by atoms with van der Waals surface area (Å²) in [6, 6.07) is 10.2. The van der Waals surface area contributed by atoms with E-state index in [9.17, 15) is 8.78 Å². The molecule has 0 radical (unpaired) electrons. The largest absolute Gasteiger partial charge is 0.310 e. The van der Waals surface area contributed by atoms with Crippen molar-refractivity contribution in [3.05, 3.63) is 69.2 Å². The van der Waals surface area contributed by atoms with Gasteiger partial charge in [-0.2, -0.15) is 0 Å². The summed E-state index contributed by atoms with van der Waals surface area (Å²) in [6.07, 6.45) is 0.411. The van der Waals surface area contributed by atoms with E-state index in [1.165, 1.54) is 0 Å². The zero-order valence-corrected chi connectivity index (χ0v) is 13.7. The molecule has 0 spiro atoms. The summed E-state index contributed by atoms with van der Waals surface area (Å²) in [4.78, 5) is 0. The first-order valence-corrected chi connectivity index (χ1v) is 7.75. The van der Waals surface area contributed by atoms with Crippen LogP contribution < -0.4 is 5.32 Å². The first-order chi connectivity index (χ1) is 10.0. The van der Waals surface area contributed by atoms with E-state index < -0.39 is 11.6 Å². The molecule has 21 heavy (non-hydrogen) atoms. The third kappa shape index (κ3) is 3.69. The van der Waals surface area contributed by atoms with E-state index in [-0.39, 0.29) is 6.04 Å². The Morgan fingerprint density at radius 2 is 1.86 bits per heavy atom. The van der Waals surface area contributed by atoms with Crippen molar-refractivity contribution in [3.8, 4) is 0 Å². The van der Waals surface area contributed by atoms with Crippen molar-refractivity contribution in [3.63, 3.8) is 0 Å². The molecule has 0 aliphatic heterocycles. The Kier molecular flexibility index (Phi) is 5.48. The number of rotatable bonds is 5. The fourth-order valence-electron chi connectivity index (χ4n) is 2.47. The van der Waals surface area contributed by atoms with Gasteiger partial charge in [-0.1, -0.05) is 47.1 Å². The minimum Gasteiger partial charge on any atom is -0.310 e. The van der Waals surface area contributed by atoms with Crippen LogP contribution in [0.3, 0.4) is 0 Å². The van der Waals surface area contributed by atoms with Crippen molar-refractivity contribution < 1.29 is 8.78 Å². The molecule has 1 unspecified atom stereocenters. The van der Waals surface area contributed by atoms with Crippen LogP contribution in [-0.2, 0) is 6.42 Å². The SMILES string of the molecule is CCNC(Cc1cccc(F)c1F)c1cccc(Br)c1C. The van der Waals surface area contributed by atoms with Crippen LogP contribution >= 0.6 is 15.9 Å². The maximum atomic E-state index is 13.9. The van der Waals surface area contributed by atoms with E-state index >= 15 is 0 Å². The molecule has 2 aromatic carbocycles. The Morgan fingerprint density at radius 1 is 1.14 bits per heavy atom. The summed E-state index contributed by atoms with van der Waals surface area (Å²) in [6.45, 7) is 4.78. The van der Waals surface area contributed by atoms with E-state index in [0.29, 0.717) is 12.0 Å². The van der Waals surface area contributed by atoms with Crippen LogP contribution in [-0.4, -0.2) is 6.54 Å². The number of likely N-dealkylation sites (N-methyl/N-ethyl adjacent to an activating group) is 1. The van der Waals surface area contributed by atoms with Gasteiger partial charge in [0.2, 0.25) is 0 Å². The monoisotopic (exact) mass is 353 g/mol. The second-order valence-electron chi connectivity index (χ2n) is 4.98. The molecule has 0 bridgehead atoms. The molecule has 0 aliphatic carbocycles. The van der Waals surface area contributed by atoms with Gasteiger partial charge in [0.15, 0.2) is 11.6 Å². The van der Waals surface area contributed by atoms with Gasteiger partial charge in [0.25, 0.3) is 0 Å². The third-order valence-electron chi connectivity index (χ3n) is 3.59. The predicted octanol–water partition coefficient (Wildman–Crippen LogP) is 4.93. The van der Waals surface area contributed by atoms with Crippen LogP contribution in [0.25, 0.3) is 0 Å². The molecular formula is C17H18BrF2N. The number of hydrogen-bond donors (Lipinski definition) is 1. The summed E-state index contributed by atoms with van der Waals surface area (Å²) in [5.74, 6) is -1.55. The van der Waals surface area contributed by atoms with Crippen LogP contribution in [0.1, 0.15) is 29.7 Å². The van der Waals surface area contributed by atoms with Gasteiger partial charge in [-0.3, -0.25) is 0 Å². The molecule has 0 heterocycles. The van der Waals surface area contributed by atoms with Crippen LogP contribution in [0.15, 0.2) is 40.9 Å². The predicted molar refractivity (Wildman–Crippen MR) is 85.4 cm³/mol. The van der Waals surface area contributed by atoms with Crippen LogP contribution in [0, 0.1) is 18.6 Å². The van der Waals surface area contributed by atoms with E-state index in [1.54, 1.807) is 12.1 Å². The topological polar surface area (TPSA) is 12.0 Å². The molecular weight excluding hydrogens is 336 g/mol. The van der Waals surface area contributed by atoms with Crippen molar-refractivity contribution >= 4 is 15.9 Å². The normalized spacial score (nSPS) is 12.4. The number of halogens is 3. The summed E-state index contributed by atoms with van der Waals surface area (Å²) >= 11 is 3.52. The van der Waals surface area contributed by atoms with Crippen molar-refractivity contribution in [1.82, 2.24) is 5.32 Å². The highest BCUT2D eigenvalue weighted by Gasteiger charge is 2.17. The van der Waals surface area contributed by atoms with Gasteiger partial charge in [-0.15, -0.1) is 0 Å². The Bertz CT molecular complexity index is 628. The molecule has 1 atom stereocenters. The molecule has 1 N–H and O–H groups in total. The molecule has 0 saturated carbocycles. The van der Waals surface area contributed by atoms with Crippen molar-refractivity contribution in [1.29, 1.82) is 0 Å². The first kappa shape index (κ1) is 16.1. The van der Waals surface area contributed by atoms with E-state index in [4.69, 9.17) is 0 Å². The van der Waals surface area contributed by atoms with Crippen molar-refractivity contribution in [2.75, 3.05) is 6.54 Å². The highest BCUT2D eigenvalue weighted by atomic mass is 79.9. The van der Waals surface area contributed by atoms with Crippen LogP contribution in [0.4, 0.5) is 8.78 Å². The van der Waals surface area contributed by atoms with Gasteiger partial charge in [-0.05, 0) is 48.7 Å². The average Bonchev–Trinajstić information content (AvgIpc) is 2.46. The van der Waals surface area contributed by atoms with Gasteiger partial charge in [0.05, 0.1) is 0 Å². The van der Waals surface area contributed by atoms with Crippen LogP contribution in [0.2, 0.25) is 0 Å². The summed E-state index contributed by atoms with van der Waals surface area (Å²) < 4.78 is 28.3. The number of hydrogen-bond acceptors (Lipinski definition) is 1. The van der Waals surface area contributed by atoms with E-state index in [0.717, 1.165) is 28.2 Å².